The van der Waals surface area contributed by atoms with E-state index in [1.54, 1.807) is 18.2 Å². The summed E-state index contributed by atoms with van der Waals surface area (Å²) in [4.78, 5) is 12.9. The van der Waals surface area contributed by atoms with Crippen LogP contribution in [0.4, 0.5) is 13.2 Å². The highest BCUT2D eigenvalue weighted by Crippen LogP contribution is 2.20. The summed E-state index contributed by atoms with van der Waals surface area (Å²) < 4.78 is 35.8. The van der Waals surface area contributed by atoms with Gasteiger partial charge in [0.05, 0.1) is 13.1 Å². The number of amides is 1. The SMILES string of the molecule is CN(Cc1cc(Cl)cc(Cl)c1)C(=O)CNCC(F)(F)F. The molecular weight excluding hydrogens is 316 g/mol. The Balaban J connectivity index is 2.49. The molecule has 0 fully saturated rings. The second kappa shape index (κ2) is 7.15. The fourth-order valence-corrected chi connectivity index (χ4v) is 2.08. The van der Waals surface area contributed by atoms with Gasteiger partial charge < -0.3 is 10.2 Å². The van der Waals surface area contributed by atoms with Gasteiger partial charge in [0.2, 0.25) is 5.91 Å². The summed E-state index contributed by atoms with van der Waals surface area (Å²) in [7, 11) is 1.49. The molecule has 0 spiro atoms. The van der Waals surface area contributed by atoms with Crippen LogP contribution in [0.5, 0.6) is 0 Å². The lowest BCUT2D eigenvalue weighted by Crippen LogP contribution is -2.38. The van der Waals surface area contributed by atoms with Crippen LogP contribution in [0.3, 0.4) is 0 Å². The van der Waals surface area contributed by atoms with Crippen molar-refractivity contribution >= 4 is 29.1 Å². The molecule has 8 heteroatoms. The maximum absolute atomic E-state index is 11.9. The molecule has 1 N–H and O–H groups in total. The number of carbonyl (C=O) groups is 1. The summed E-state index contributed by atoms with van der Waals surface area (Å²) in [5, 5.41) is 2.91. The number of halogens is 5. The van der Waals surface area contributed by atoms with Crippen LogP contribution in [0.25, 0.3) is 0 Å². The Morgan fingerprint density at radius 3 is 2.30 bits per heavy atom. The van der Waals surface area contributed by atoms with Crippen LogP contribution in [0.15, 0.2) is 18.2 Å². The number of rotatable bonds is 5. The normalized spacial score (nSPS) is 11.5. The van der Waals surface area contributed by atoms with Gasteiger partial charge in [-0.15, -0.1) is 0 Å². The highest BCUT2D eigenvalue weighted by Gasteiger charge is 2.26. The summed E-state index contributed by atoms with van der Waals surface area (Å²) in [6, 6.07) is 4.83. The summed E-state index contributed by atoms with van der Waals surface area (Å²) >= 11 is 11.6. The Kier molecular flexibility index (Phi) is 6.10. The van der Waals surface area contributed by atoms with Crippen LogP contribution in [0.2, 0.25) is 10.0 Å². The average Bonchev–Trinajstić information content (AvgIpc) is 2.25. The van der Waals surface area contributed by atoms with Crippen LogP contribution in [-0.2, 0) is 11.3 Å². The molecule has 1 rings (SSSR count). The van der Waals surface area contributed by atoms with E-state index < -0.39 is 18.6 Å². The van der Waals surface area contributed by atoms with Gasteiger partial charge in [0.25, 0.3) is 0 Å². The predicted octanol–water partition coefficient (Wildman–Crippen LogP) is 3.10. The highest BCUT2D eigenvalue weighted by atomic mass is 35.5. The van der Waals surface area contributed by atoms with Crippen molar-refractivity contribution in [3.05, 3.63) is 33.8 Å². The van der Waals surface area contributed by atoms with E-state index in [1.165, 1.54) is 11.9 Å². The lowest BCUT2D eigenvalue weighted by Gasteiger charge is -2.18. The van der Waals surface area contributed by atoms with Crippen LogP contribution >= 0.6 is 23.2 Å². The molecule has 0 bridgehead atoms. The van der Waals surface area contributed by atoms with Crippen LogP contribution in [0, 0.1) is 0 Å². The minimum atomic E-state index is -4.33. The fraction of sp³-hybridized carbons (Fsp3) is 0.417. The Morgan fingerprint density at radius 1 is 1.25 bits per heavy atom. The third-order valence-electron chi connectivity index (χ3n) is 2.37. The molecule has 0 saturated carbocycles. The molecular formula is C12H13Cl2F3N2O. The molecule has 0 aromatic heterocycles. The van der Waals surface area contributed by atoms with Gasteiger partial charge in [-0.3, -0.25) is 4.79 Å². The Bertz CT molecular complexity index is 460. The maximum Gasteiger partial charge on any atom is 0.401 e. The lowest BCUT2D eigenvalue weighted by atomic mass is 10.2. The van der Waals surface area contributed by atoms with Crippen molar-refractivity contribution in [1.29, 1.82) is 0 Å². The Hall–Kier alpha value is -0.980. The average molecular weight is 329 g/mol. The van der Waals surface area contributed by atoms with Crippen molar-refractivity contribution in [2.24, 2.45) is 0 Å². The standard InChI is InChI=1S/C12H13Cl2F3N2O/c1-19(11(20)5-18-7-12(15,16)17)6-8-2-9(13)4-10(14)3-8/h2-4,18H,5-7H2,1H3. The number of hydrogen-bond acceptors (Lipinski definition) is 2. The van der Waals surface area contributed by atoms with Crippen molar-refractivity contribution in [3.8, 4) is 0 Å². The zero-order valence-corrected chi connectivity index (χ0v) is 12.1. The maximum atomic E-state index is 11.9. The van der Waals surface area contributed by atoms with E-state index in [1.807, 2.05) is 5.32 Å². The number of carbonyl (C=O) groups excluding carboxylic acids is 1. The van der Waals surface area contributed by atoms with Crippen molar-refractivity contribution in [3.63, 3.8) is 0 Å². The second-order valence-corrected chi connectivity index (χ2v) is 5.12. The van der Waals surface area contributed by atoms with Gasteiger partial charge >= 0.3 is 6.18 Å². The summed E-state index contributed by atoms with van der Waals surface area (Å²) in [6.07, 6.45) is -4.33. The Morgan fingerprint density at radius 2 is 1.80 bits per heavy atom. The molecule has 0 aliphatic heterocycles. The van der Waals surface area contributed by atoms with Gasteiger partial charge in [0.15, 0.2) is 0 Å². The van der Waals surface area contributed by atoms with Gasteiger partial charge in [-0.25, -0.2) is 0 Å². The molecule has 1 aromatic rings. The van der Waals surface area contributed by atoms with E-state index in [9.17, 15) is 18.0 Å². The smallest absolute Gasteiger partial charge is 0.340 e. The number of hydrogen-bond donors (Lipinski definition) is 1. The van der Waals surface area contributed by atoms with E-state index >= 15 is 0 Å². The number of nitrogens with one attached hydrogen (secondary N) is 1. The van der Waals surface area contributed by atoms with Crippen LogP contribution < -0.4 is 5.32 Å². The van der Waals surface area contributed by atoms with E-state index in [2.05, 4.69) is 0 Å². The van der Waals surface area contributed by atoms with E-state index in [-0.39, 0.29) is 13.1 Å². The zero-order valence-electron chi connectivity index (χ0n) is 10.6. The summed E-state index contributed by atoms with van der Waals surface area (Å²) in [6.45, 7) is -1.37. The minimum absolute atomic E-state index is 0.215. The molecule has 0 atom stereocenters. The molecule has 0 unspecified atom stereocenters. The summed E-state index contributed by atoms with van der Waals surface area (Å²) in [5.41, 5.74) is 0.703. The number of nitrogens with zero attached hydrogens (tertiary/aromatic N) is 1. The van der Waals surface area contributed by atoms with E-state index in [4.69, 9.17) is 23.2 Å². The van der Waals surface area contributed by atoms with Gasteiger partial charge in [0, 0.05) is 23.6 Å². The third-order valence-corrected chi connectivity index (χ3v) is 2.81. The third kappa shape index (κ3) is 6.45. The number of benzene rings is 1. The van der Waals surface area contributed by atoms with Crippen LogP contribution in [0.1, 0.15) is 5.56 Å². The van der Waals surface area contributed by atoms with Gasteiger partial charge in [-0.1, -0.05) is 23.2 Å². The molecule has 0 aliphatic rings. The number of alkyl halides is 3. The van der Waals surface area contributed by atoms with Crippen molar-refractivity contribution in [1.82, 2.24) is 10.2 Å². The molecule has 0 aliphatic carbocycles. The van der Waals surface area contributed by atoms with Gasteiger partial charge in [-0.2, -0.15) is 13.2 Å². The van der Waals surface area contributed by atoms with Crippen LogP contribution in [-0.4, -0.2) is 37.1 Å². The zero-order chi connectivity index (χ0) is 15.3. The van der Waals surface area contributed by atoms with Gasteiger partial charge in [0.1, 0.15) is 0 Å². The first kappa shape index (κ1) is 17.1. The van der Waals surface area contributed by atoms with Crippen molar-refractivity contribution in [2.45, 2.75) is 12.7 Å². The molecule has 0 radical (unpaired) electrons. The number of likely N-dealkylation sites (N-methyl/N-ethyl adjacent to an activating group) is 1. The molecule has 1 aromatic carbocycles. The van der Waals surface area contributed by atoms with E-state index in [0.29, 0.717) is 15.6 Å². The molecule has 0 saturated heterocycles. The molecule has 3 nitrogen and oxygen atoms in total. The van der Waals surface area contributed by atoms with Crippen molar-refractivity contribution in [2.75, 3.05) is 20.1 Å². The fourth-order valence-electron chi connectivity index (χ4n) is 1.51. The molecule has 1 amide bonds. The largest absolute Gasteiger partial charge is 0.401 e. The second-order valence-electron chi connectivity index (χ2n) is 4.25. The lowest BCUT2D eigenvalue weighted by molar-refractivity contribution is -0.133. The topological polar surface area (TPSA) is 32.3 Å². The minimum Gasteiger partial charge on any atom is -0.340 e. The monoisotopic (exact) mass is 328 g/mol. The Labute approximate surface area is 124 Å². The predicted molar refractivity (Wildman–Crippen MR) is 71.9 cm³/mol. The molecule has 112 valence electrons. The van der Waals surface area contributed by atoms with Crippen molar-refractivity contribution < 1.29 is 18.0 Å². The first-order valence-electron chi connectivity index (χ1n) is 5.64. The molecule has 0 heterocycles. The van der Waals surface area contributed by atoms with E-state index in [0.717, 1.165) is 0 Å². The first-order valence-corrected chi connectivity index (χ1v) is 6.39. The van der Waals surface area contributed by atoms with Gasteiger partial charge in [-0.05, 0) is 23.8 Å². The summed E-state index contributed by atoms with van der Waals surface area (Å²) in [5.74, 6) is -0.453. The quantitative estimate of drug-likeness (QED) is 0.900. The first-order chi connectivity index (χ1) is 9.17. The molecule has 20 heavy (non-hydrogen) atoms. The highest BCUT2D eigenvalue weighted by molar-refractivity contribution is 6.34.